The summed E-state index contributed by atoms with van der Waals surface area (Å²) in [6.45, 7) is 0.339. The normalized spacial score (nSPS) is 11.1. The lowest BCUT2D eigenvalue weighted by Crippen LogP contribution is -2.23. The molecule has 18 heavy (non-hydrogen) atoms. The Hall–Kier alpha value is -1.37. The van der Waals surface area contributed by atoms with Crippen molar-refractivity contribution >= 4 is 23.5 Å². The van der Waals surface area contributed by atoms with Gasteiger partial charge in [0.2, 0.25) is 0 Å². The third kappa shape index (κ3) is 5.31. The Morgan fingerprint density at radius 2 is 2.06 bits per heavy atom. The smallest absolute Gasteiger partial charge is 0.422 e. The molecule has 0 bridgehead atoms. The summed E-state index contributed by atoms with van der Waals surface area (Å²) in [7, 11) is 0. The van der Waals surface area contributed by atoms with E-state index in [1.54, 1.807) is 24.3 Å². The van der Waals surface area contributed by atoms with Gasteiger partial charge in [0.25, 0.3) is 0 Å². The summed E-state index contributed by atoms with van der Waals surface area (Å²) in [6.07, 6.45) is -5.63. The van der Waals surface area contributed by atoms with Gasteiger partial charge in [0.15, 0.2) is 6.61 Å². The molecule has 100 valence electrons. The van der Waals surface area contributed by atoms with Crippen LogP contribution in [0.25, 0.3) is 0 Å². The van der Waals surface area contributed by atoms with E-state index in [1.807, 2.05) is 6.92 Å². The van der Waals surface area contributed by atoms with Crippen LogP contribution in [0.1, 0.15) is 6.92 Å². The molecule has 0 saturated heterocycles. The maximum absolute atomic E-state index is 11.8. The van der Waals surface area contributed by atoms with Crippen molar-refractivity contribution in [3.05, 3.63) is 24.3 Å². The summed E-state index contributed by atoms with van der Waals surface area (Å²) >= 11 is 1.48. The van der Waals surface area contributed by atoms with Gasteiger partial charge in [0.05, 0.1) is 5.69 Å². The van der Waals surface area contributed by atoms with Gasteiger partial charge >= 0.3 is 12.3 Å². The first kappa shape index (κ1) is 14.7. The highest BCUT2D eigenvalue weighted by Gasteiger charge is 2.29. The molecule has 0 aromatic heterocycles. The minimum atomic E-state index is -4.52. The first-order valence-corrected chi connectivity index (χ1v) is 6.13. The van der Waals surface area contributed by atoms with E-state index in [2.05, 4.69) is 10.1 Å². The molecule has 0 fully saturated rings. The van der Waals surface area contributed by atoms with Crippen LogP contribution < -0.4 is 5.32 Å². The lowest BCUT2D eigenvalue weighted by Gasteiger charge is -2.11. The highest BCUT2D eigenvalue weighted by Crippen LogP contribution is 2.26. The largest absolute Gasteiger partial charge is 0.440 e. The van der Waals surface area contributed by atoms with Crippen molar-refractivity contribution in [3.8, 4) is 0 Å². The molecule has 1 amide bonds. The molecule has 0 atom stereocenters. The second-order valence-corrected chi connectivity index (χ2v) is 4.55. The van der Waals surface area contributed by atoms with Gasteiger partial charge < -0.3 is 4.74 Å². The van der Waals surface area contributed by atoms with Gasteiger partial charge in [-0.25, -0.2) is 4.79 Å². The van der Waals surface area contributed by atoms with Crippen LogP contribution in [0.15, 0.2) is 29.2 Å². The zero-order chi connectivity index (χ0) is 13.6. The van der Waals surface area contributed by atoms with Gasteiger partial charge in [-0.2, -0.15) is 13.2 Å². The summed E-state index contributed by atoms with van der Waals surface area (Å²) < 4.78 is 39.6. The Morgan fingerprint density at radius 3 is 2.67 bits per heavy atom. The predicted molar refractivity (Wildman–Crippen MR) is 63.9 cm³/mol. The van der Waals surface area contributed by atoms with Crippen LogP contribution in [0.4, 0.5) is 23.7 Å². The van der Waals surface area contributed by atoms with Gasteiger partial charge in [-0.15, -0.1) is 11.8 Å². The van der Waals surface area contributed by atoms with Gasteiger partial charge in [-0.3, -0.25) is 5.32 Å². The number of amides is 1. The predicted octanol–water partition coefficient (Wildman–Crippen LogP) is 3.91. The number of para-hydroxylation sites is 1. The Labute approximate surface area is 107 Å². The lowest BCUT2D eigenvalue weighted by atomic mass is 10.3. The molecule has 0 saturated carbocycles. The number of benzene rings is 1. The fourth-order valence-corrected chi connectivity index (χ4v) is 1.91. The summed E-state index contributed by atoms with van der Waals surface area (Å²) in [5.41, 5.74) is 0.441. The molecule has 0 spiro atoms. The zero-order valence-corrected chi connectivity index (χ0v) is 10.4. The van der Waals surface area contributed by atoms with Gasteiger partial charge in [0.1, 0.15) is 0 Å². The SMILES string of the molecule is CCSc1ccccc1NC(=O)OCC(F)(F)F. The lowest BCUT2D eigenvalue weighted by molar-refractivity contribution is -0.159. The fourth-order valence-electron chi connectivity index (χ4n) is 1.14. The number of halogens is 3. The van der Waals surface area contributed by atoms with Gasteiger partial charge in [-0.05, 0) is 17.9 Å². The molecule has 0 heterocycles. The monoisotopic (exact) mass is 279 g/mol. The van der Waals surface area contributed by atoms with Crippen LogP contribution in [0.3, 0.4) is 0 Å². The molecular formula is C11H12F3NO2S. The van der Waals surface area contributed by atoms with Crippen LogP contribution in [0.2, 0.25) is 0 Å². The fraction of sp³-hybridized carbons (Fsp3) is 0.364. The van der Waals surface area contributed by atoms with E-state index in [1.165, 1.54) is 11.8 Å². The topological polar surface area (TPSA) is 38.3 Å². The number of alkyl halides is 3. The van der Waals surface area contributed by atoms with Crippen LogP contribution in [0.5, 0.6) is 0 Å². The highest BCUT2D eigenvalue weighted by atomic mass is 32.2. The van der Waals surface area contributed by atoms with E-state index < -0.39 is 18.9 Å². The molecule has 1 rings (SSSR count). The van der Waals surface area contributed by atoms with E-state index in [0.717, 1.165) is 10.6 Å². The Morgan fingerprint density at radius 1 is 1.39 bits per heavy atom. The highest BCUT2D eigenvalue weighted by molar-refractivity contribution is 7.99. The number of anilines is 1. The minimum Gasteiger partial charge on any atom is -0.440 e. The average Bonchev–Trinajstić information content (AvgIpc) is 2.29. The van der Waals surface area contributed by atoms with E-state index >= 15 is 0 Å². The Balaban J connectivity index is 2.59. The van der Waals surface area contributed by atoms with E-state index in [0.29, 0.717) is 5.69 Å². The van der Waals surface area contributed by atoms with Crippen LogP contribution in [0, 0.1) is 0 Å². The van der Waals surface area contributed by atoms with Crippen molar-refractivity contribution in [2.75, 3.05) is 17.7 Å². The number of ether oxygens (including phenoxy) is 1. The second-order valence-electron chi connectivity index (χ2n) is 3.25. The van der Waals surface area contributed by atoms with Gasteiger partial charge in [-0.1, -0.05) is 19.1 Å². The van der Waals surface area contributed by atoms with Crippen molar-refractivity contribution in [1.82, 2.24) is 0 Å². The molecule has 1 aromatic rings. The van der Waals surface area contributed by atoms with Crippen molar-refractivity contribution in [1.29, 1.82) is 0 Å². The molecular weight excluding hydrogens is 267 g/mol. The standard InChI is InChI=1S/C11H12F3NO2S/c1-2-18-9-6-4-3-5-8(9)15-10(16)17-7-11(12,13)14/h3-6H,2,7H2,1H3,(H,15,16). The molecule has 3 nitrogen and oxygen atoms in total. The van der Waals surface area contributed by atoms with E-state index in [4.69, 9.17) is 0 Å². The third-order valence-corrected chi connectivity index (χ3v) is 2.75. The molecule has 7 heteroatoms. The Kier molecular flexibility index (Phi) is 5.33. The summed E-state index contributed by atoms with van der Waals surface area (Å²) in [4.78, 5) is 12.0. The molecule has 0 unspecified atom stereocenters. The third-order valence-electron chi connectivity index (χ3n) is 1.79. The molecule has 0 radical (unpaired) electrons. The van der Waals surface area contributed by atoms with Crippen molar-refractivity contribution in [3.63, 3.8) is 0 Å². The number of nitrogens with one attached hydrogen (secondary N) is 1. The summed E-state index contributed by atoms with van der Waals surface area (Å²) in [6, 6.07) is 6.84. The molecule has 1 N–H and O–H groups in total. The maximum Gasteiger partial charge on any atom is 0.422 e. The number of carbonyl (C=O) groups is 1. The van der Waals surface area contributed by atoms with E-state index in [-0.39, 0.29) is 0 Å². The van der Waals surface area contributed by atoms with Gasteiger partial charge in [0, 0.05) is 4.90 Å². The molecule has 0 aliphatic carbocycles. The Bertz CT molecular complexity index is 410. The average molecular weight is 279 g/mol. The number of carbonyl (C=O) groups excluding carboxylic acids is 1. The molecule has 0 aliphatic heterocycles. The number of thioether (sulfide) groups is 1. The van der Waals surface area contributed by atoms with Crippen LogP contribution >= 0.6 is 11.8 Å². The zero-order valence-electron chi connectivity index (χ0n) is 9.58. The number of rotatable bonds is 4. The first-order chi connectivity index (χ1) is 8.42. The van der Waals surface area contributed by atoms with Crippen LogP contribution in [-0.4, -0.2) is 24.6 Å². The molecule has 0 aliphatic rings. The maximum atomic E-state index is 11.8. The first-order valence-electron chi connectivity index (χ1n) is 5.14. The number of hydrogen-bond acceptors (Lipinski definition) is 3. The van der Waals surface area contributed by atoms with Crippen molar-refractivity contribution < 1.29 is 22.7 Å². The quantitative estimate of drug-likeness (QED) is 0.849. The van der Waals surface area contributed by atoms with Crippen molar-refractivity contribution in [2.45, 2.75) is 18.0 Å². The van der Waals surface area contributed by atoms with Crippen LogP contribution in [-0.2, 0) is 4.74 Å². The summed E-state index contributed by atoms with van der Waals surface area (Å²) in [5.74, 6) is 0.788. The second kappa shape index (κ2) is 6.53. The molecule has 1 aromatic carbocycles. The number of hydrogen-bond donors (Lipinski definition) is 1. The van der Waals surface area contributed by atoms with E-state index in [9.17, 15) is 18.0 Å². The minimum absolute atomic E-state index is 0.441. The van der Waals surface area contributed by atoms with Crippen molar-refractivity contribution in [2.24, 2.45) is 0 Å². The summed E-state index contributed by atoms with van der Waals surface area (Å²) in [5, 5.41) is 2.29.